The number of thiophene rings is 1. The number of hydrogen-bond donors (Lipinski definition) is 0. The van der Waals surface area contributed by atoms with Crippen LogP contribution in [0, 0.1) is 27.7 Å². The Kier molecular flexibility index (Phi) is 4.64. The molecule has 0 atom stereocenters. The Bertz CT molecular complexity index is 1300. The number of hydrogen-bond acceptors (Lipinski definition) is 5. The highest BCUT2D eigenvalue weighted by atomic mass is 35.5. The fourth-order valence-electron chi connectivity index (χ4n) is 3.02. The lowest BCUT2D eigenvalue weighted by atomic mass is 10.1. The minimum absolute atomic E-state index is 0.198. The fraction of sp³-hybridized carbons (Fsp3) is 0.200. The Morgan fingerprint density at radius 2 is 1.96 bits per heavy atom. The van der Waals surface area contributed by atoms with Crippen LogP contribution >= 0.6 is 22.9 Å². The monoisotopic (exact) mass is 411 g/mol. The van der Waals surface area contributed by atoms with Gasteiger partial charge in [-0.05, 0) is 56.3 Å². The molecule has 142 valence electrons. The largest absolute Gasteiger partial charge is 0.282 e. The van der Waals surface area contributed by atoms with Gasteiger partial charge >= 0.3 is 0 Å². The van der Waals surface area contributed by atoms with E-state index in [9.17, 15) is 4.79 Å². The lowest BCUT2D eigenvalue weighted by Crippen LogP contribution is -2.19. The molecule has 0 aliphatic carbocycles. The average molecular weight is 412 g/mol. The van der Waals surface area contributed by atoms with Gasteiger partial charge in [-0.1, -0.05) is 23.7 Å². The highest BCUT2D eigenvalue weighted by molar-refractivity contribution is 7.16. The molecule has 1 aromatic carbocycles. The van der Waals surface area contributed by atoms with Crippen LogP contribution in [0.4, 0.5) is 0 Å². The van der Waals surface area contributed by atoms with Crippen molar-refractivity contribution in [2.45, 2.75) is 27.7 Å². The van der Waals surface area contributed by atoms with E-state index >= 15 is 0 Å². The Labute approximate surface area is 170 Å². The van der Waals surface area contributed by atoms with Crippen LogP contribution in [0.1, 0.15) is 28.2 Å². The van der Waals surface area contributed by atoms with Crippen molar-refractivity contribution < 1.29 is 0 Å². The van der Waals surface area contributed by atoms with Gasteiger partial charge in [-0.2, -0.15) is 14.9 Å². The third-order valence-electron chi connectivity index (χ3n) is 4.58. The first-order valence-corrected chi connectivity index (χ1v) is 9.96. The van der Waals surface area contributed by atoms with Crippen molar-refractivity contribution in [3.63, 3.8) is 0 Å². The molecule has 0 bridgehead atoms. The molecule has 0 fully saturated rings. The Morgan fingerprint density at radius 1 is 1.18 bits per heavy atom. The van der Waals surface area contributed by atoms with Gasteiger partial charge in [0.1, 0.15) is 15.8 Å². The van der Waals surface area contributed by atoms with Crippen molar-refractivity contribution in [1.82, 2.24) is 19.4 Å². The molecule has 4 aromatic rings. The standard InChI is InChI=1S/C20H18ClN5OS/c1-11-5-6-12(2)17(9-11)26-18(21)16(13(3)24-26)10-22-25-14(4)23-19-15(20(25)27)7-8-28-19/h5-10H,1-4H3/b22-10-. The van der Waals surface area contributed by atoms with E-state index in [4.69, 9.17) is 11.6 Å². The summed E-state index contributed by atoms with van der Waals surface area (Å²) in [6.45, 7) is 7.66. The summed E-state index contributed by atoms with van der Waals surface area (Å²) < 4.78 is 3.00. The van der Waals surface area contributed by atoms with Crippen molar-refractivity contribution in [1.29, 1.82) is 0 Å². The zero-order valence-corrected chi connectivity index (χ0v) is 17.5. The Hall–Kier alpha value is -2.77. The summed E-state index contributed by atoms with van der Waals surface area (Å²) in [5.41, 5.74) is 4.30. The average Bonchev–Trinajstić information content (AvgIpc) is 3.22. The van der Waals surface area contributed by atoms with Crippen LogP contribution in [0.5, 0.6) is 0 Å². The van der Waals surface area contributed by atoms with E-state index in [-0.39, 0.29) is 5.56 Å². The van der Waals surface area contributed by atoms with Crippen LogP contribution < -0.4 is 5.56 Å². The molecule has 3 heterocycles. The predicted octanol–water partition coefficient (Wildman–Crippen LogP) is 4.41. The smallest absolute Gasteiger partial charge is 0.267 e. The van der Waals surface area contributed by atoms with E-state index in [1.165, 1.54) is 16.0 Å². The predicted molar refractivity (Wildman–Crippen MR) is 114 cm³/mol. The molecule has 0 unspecified atom stereocenters. The van der Waals surface area contributed by atoms with Gasteiger partial charge in [0.05, 0.1) is 28.5 Å². The van der Waals surface area contributed by atoms with Crippen LogP contribution in [0.3, 0.4) is 0 Å². The van der Waals surface area contributed by atoms with Gasteiger partial charge in [0.15, 0.2) is 0 Å². The molecular weight excluding hydrogens is 394 g/mol. The molecule has 0 N–H and O–H groups in total. The number of aromatic nitrogens is 4. The zero-order chi connectivity index (χ0) is 20.0. The van der Waals surface area contributed by atoms with Crippen molar-refractivity contribution in [3.05, 3.63) is 73.4 Å². The Morgan fingerprint density at radius 3 is 2.75 bits per heavy atom. The van der Waals surface area contributed by atoms with Crippen molar-refractivity contribution in [3.8, 4) is 5.69 Å². The lowest BCUT2D eigenvalue weighted by Gasteiger charge is -2.08. The number of aryl methyl sites for hydroxylation is 4. The van der Waals surface area contributed by atoms with Crippen LogP contribution in [-0.2, 0) is 0 Å². The maximum absolute atomic E-state index is 12.7. The topological polar surface area (TPSA) is 65.1 Å². The second-order valence-corrected chi connectivity index (χ2v) is 7.90. The van der Waals surface area contributed by atoms with Gasteiger partial charge in [-0.15, -0.1) is 11.3 Å². The van der Waals surface area contributed by atoms with Gasteiger partial charge in [0.25, 0.3) is 5.56 Å². The van der Waals surface area contributed by atoms with Gasteiger partial charge < -0.3 is 0 Å². The first-order chi connectivity index (χ1) is 13.4. The van der Waals surface area contributed by atoms with Crippen LogP contribution in [0.25, 0.3) is 15.9 Å². The van der Waals surface area contributed by atoms with E-state index in [2.05, 4.69) is 15.2 Å². The molecule has 0 saturated heterocycles. The third-order valence-corrected chi connectivity index (χ3v) is 5.75. The van der Waals surface area contributed by atoms with Crippen LogP contribution in [-0.4, -0.2) is 25.7 Å². The summed E-state index contributed by atoms with van der Waals surface area (Å²) in [4.78, 5) is 17.8. The number of halogens is 1. The third kappa shape index (κ3) is 3.06. The first-order valence-electron chi connectivity index (χ1n) is 8.71. The molecule has 0 radical (unpaired) electrons. The van der Waals surface area contributed by atoms with Crippen molar-refractivity contribution in [2.75, 3.05) is 0 Å². The van der Waals surface area contributed by atoms with Crippen molar-refractivity contribution >= 4 is 39.4 Å². The van der Waals surface area contributed by atoms with Crippen LogP contribution in [0.2, 0.25) is 5.15 Å². The van der Waals surface area contributed by atoms with Gasteiger partial charge in [-0.3, -0.25) is 4.79 Å². The molecule has 3 aromatic heterocycles. The molecule has 6 nitrogen and oxygen atoms in total. The SMILES string of the molecule is Cc1ccc(C)c(-n2nc(C)c(/C=N\n3c(C)nc4sccc4c3=O)c2Cl)c1. The highest BCUT2D eigenvalue weighted by Gasteiger charge is 2.15. The molecule has 8 heteroatoms. The molecule has 4 rings (SSSR count). The minimum atomic E-state index is -0.198. The second-order valence-electron chi connectivity index (χ2n) is 6.65. The van der Waals surface area contributed by atoms with E-state index in [0.29, 0.717) is 26.8 Å². The number of rotatable bonds is 3. The van der Waals surface area contributed by atoms with Gasteiger partial charge in [-0.25, -0.2) is 9.67 Å². The number of fused-ring (bicyclic) bond motifs is 1. The minimum Gasteiger partial charge on any atom is -0.267 e. The Balaban J connectivity index is 1.81. The lowest BCUT2D eigenvalue weighted by molar-refractivity contribution is 0.772. The van der Waals surface area contributed by atoms with Gasteiger partial charge in [0, 0.05) is 0 Å². The highest BCUT2D eigenvalue weighted by Crippen LogP contribution is 2.25. The number of benzene rings is 1. The second kappa shape index (κ2) is 7.00. The zero-order valence-electron chi connectivity index (χ0n) is 15.9. The summed E-state index contributed by atoms with van der Waals surface area (Å²) in [5.74, 6) is 0.520. The van der Waals surface area contributed by atoms with Crippen molar-refractivity contribution in [2.24, 2.45) is 5.10 Å². The molecule has 0 aliphatic rings. The molecule has 0 aliphatic heterocycles. The number of nitrogens with zero attached hydrogens (tertiary/aromatic N) is 5. The quantitative estimate of drug-likeness (QED) is 0.469. The first kappa shape index (κ1) is 18.6. The summed E-state index contributed by atoms with van der Waals surface area (Å²) in [5, 5.41) is 11.8. The van der Waals surface area contributed by atoms with E-state index < -0.39 is 0 Å². The summed E-state index contributed by atoms with van der Waals surface area (Å²) in [6.07, 6.45) is 1.57. The molecule has 0 amide bonds. The van der Waals surface area contributed by atoms with E-state index in [1.807, 2.05) is 44.4 Å². The molecule has 28 heavy (non-hydrogen) atoms. The van der Waals surface area contributed by atoms with E-state index in [0.717, 1.165) is 22.5 Å². The fourth-order valence-corrected chi connectivity index (χ4v) is 4.14. The van der Waals surface area contributed by atoms with E-state index in [1.54, 1.807) is 23.9 Å². The summed E-state index contributed by atoms with van der Waals surface area (Å²) in [7, 11) is 0. The molecule has 0 spiro atoms. The van der Waals surface area contributed by atoms with Crippen LogP contribution in [0.15, 0.2) is 39.5 Å². The van der Waals surface area contributed by atoms with Gasteiger partial charge in [0.2, 0.25) is 0 Å². The molecular formula is C20H18ClN5OS. The maximum Gasteiger partial charge on any atom is 0.282 e. The normalized spacial score (nSPS) is 11.8. The molecule has 0 saturated carbocycles. The summed E-state index contributed by atoms with van der Waals surface area (Å²) >= 11 is 8.06. The maximum atomic E-state index is 12.7. The summed E-state index contributed by atoms with van der Waals surface area (Å²) in [6, 6.07) is 7.89.